The summed E-state index contributed by atoms with van der Waals surface area (Å²) in [7, 11) is -3.61. The fourth-order valence-electron chi connectivity index (χ4n) is 3.80. The van der Waals surface area contributed by atoms with Crippen molar-refractivity contribution in [2.45, 2.75) is 32.3 Å². The average molecular weight is 490 g/mol. The Morgan fingerprint density at radius 3 is 2.53 bits per heavy atom. The van der Waals surface area contributed by atoms with Crippen molar-refractivity contribution in [2.75, 3.05) is 24.6 Å². The summed E-state index contributed by atoms with van der Waals surface area (Å²) in [6.07, 6.45) is 3.59. The minimum Gasteiger partial charge on any atom is -0.356 e. The molecule has 3 aromatic rings. The highest BCUT2D eigenvalue weighted by Crippen LogP contribution is 2.45. The summed E-state index contributed by atoms with van der Waals surface area (Å²) in [6, 6.07) is 13.6. The van der Waals surface area contributed by atoms with Gasteiger partial charge in [-0.15, -0.1) is 0 Å². The average Bonchev–Trinajstić information content (AvgIpc) is 2.74. The SMILES string of the molecule is CCOP(=O)(O)Cc1ccc(-c2nc(N3CCCCC3)c3cc(Br)ccc3n2)cc1. The van der Waals surface area contributed by atoms with E-state index in [4.69, 9.17) is 14.5 Å². The van der Waals surface area contributed by atoms with Gasteiger partial charge in [0, 0.05) is 28.5 Å². The molecule has 8 heteroatoms. The van der Waals surface area contributed by atoms with Gasteiger partial charge in [0.05, 0.1) is 18.3 Å². The van der Waals surface area contributed by atoms with Gasteiger partial charge in [-0.2, -0.15) is 0 Å². The van der Waals surface area contributed by atoms with E-state index in [0.717, 1.165) is 45.4 Å². The summed E-state index contributed by atoms with van der Waals surface area (Å²) >= 11 is 3.57. The van der Waals surface area contributed by atoms with Crippen LogP contribution in [-0.2, 0) is 15.3 Å². The number of aromatic nitrogens is 2. The minimum absolute atomic E-state index is 0.00719. The quantitative estimate of drug-likeness (QED) is 0.442. The van der Waals surface area contributed by atoms with Gasteiger partial charge in [0.25, 0.3) is 0 Å². The van der Waals surface area contributed by atoms with E-state index in [1.54, 1.807) is 6.92 Å². The van der Waals surface area contributed by atoms with Gasteiger partial charge in [0.2, 0.25) is 0 Å². The lowest BCUT2D eigenvalue weighted by atomic mass is 10.1. The zero-order chi connectivity index (χ0) is 21.1. The first-order chi connectivity index (χ1) is 14.4. The Balaban J connectivity index is 1.70. The summed E-state index contributed by atoms with van der Waals surface area (Å²) in [4.78, 5) is 21.9. The van der Waals surface area contributed by atoms with Crippen molar-refractivity contribution < 1.29 is 14.0 Å². The lowest BCUT2D eigenvalue weighted by molar-refractivity contribution is 0.272. The Morgan fingerprint density at radius 1 is 1.10 bits per heavy atom. The van der Waals surface area contributed by atoms with Crippen molar-refractivity contribution in [3.63, 3.8) is 0 Å². The van der Waals surface area contributed by atoms with Crippen LogP contribution in [0.25, 0.3) is 22.3 Å². The number of hydrogen-bond donors (Lipinski definition) is 1. The topological polar surface area (TPSA) is 75.6 Å². The van der Waals surface area contributed by atoms with Gasteiger partial charge in [-0.25, -0.2) is 9.97 Å². The molecule has 1 saturated heterocycles. The zero-order valence-electron chi connectivity index (χ0n) is 16.9. The number of fused-ring (bicyclic) bond motifs is 1. The normalized spacial score (nSPS) is 16.6. The summed E-state index contributed by atoms with van der Waals surface area (Å²) in [5, 5.41) is 1.05. The summed E-state index contributed by atoms with van der Waals surface area (Å²) in [6.45, 7) is 3.92. The Labute approximate surface area is 185 Å². The van der Waals surface area contributed by atoms with Crippen LogP contribution in [0.15, 0.2) is 46.9 Å². The maximum absolute atomic E-state index is 12.0. The van der Waals surface area contributed by atoms with E-state index >= 15 is 0 Å². The highest BCUT2D eigenvalue weighted by Gasteiger charge is 2.20. The molecular formula is C22H25BrN3O3P. The first-order valence-corrected chi connectivity index (χ1v) is 12.8. The van der Waals surface area contributed by atoms with E-state index in [1.165, 1.54) is 19.3 Å². The van der Waals surface area contributed by atoms with E-state index in [2.05, 4.69) is 26.9 Å². The Morgan fingerprint density at radius 2 is 1.83 bits per heavy atom. The van der Waals surface area contributed by atoms with Crippen LogP contribution < -0.4 is 4.90 Å². The van der Waals surface area contributed by atoms with Crippen LogP contribution in [-0.4, -0.2) is 34.6 Å². The maximum atomic E-state index is 12.0. The number of anilines is 1. The Bertz CT molecular complexity index is 1080. The molecular weight excluding hydrogens is 465 g/mol. The van der Waals surface area contributed by atoms with Gasteiger partial charge in [0.1, 0.15) is 5.82 Å². The van der Waals surface area contributed by atoms with Gasteiger partial charge in [-0.3, -0.25) is 4.57 Å². The second-order valence-electron chi connectivity index (χ2n) is 7.49. The fourth-order valence-corrected chi connectivity index (χ4v) is 5.33. The molecule has 4 rings (SSSR count). The second-order valence-corrected chi connectivity index (χ2v) is 10.3. The van der Waals surface area contributed by atoms with Gasteiger partial charge in [-0.05, 0) is 49.9 Å². The minimum atomic E-state index is -3.61. The molecule has 1 N–H and O–H groups in total. The Kier molecular flexibility index (Phi) is 6.54. The molecule has 1 atom stereocenters. The monoisotopic (exact) mass is 489 g/mol. The first-order valence-electron chi connectivity index (χ1n) is 10.2. The van der Waals surface area contributed by atoms with Crippen LogP contribution >= 0.6 is 23.5 Å². The maximum Gasteiger partial charge on any atom is 0.332 e. The van der Waals surface area contributed by atoms with E-state index in [0.29, 0.717) is 5.82 Å². The molecule has 0 bridgehead atoms. The molecule has 6 nitrogen and oxygen atoms in total. The molecule has 1 aliphatic rings. The van der Waals surface area contributed by atoms with Crippen molar-refractivity contribution in [3.8, 4) is 11.4 Å². The Hall–Kier alpha value is -1.79. The van der Waals surface area contributed by atoms with Gasteiger partial charge in [0.15, 0.2) is 5.82 Å². The van der Waals surface area contributed by atoms with Gasteiger partial charge < -0.3 is 14.3 Å². The number of piperidine rings is 1. The van der Waals surface area contributed by atoms with E-state index < -0.39 is 7.60 Å². The summed E-state index contributed by atoms with van der Waals surface area (Å²) in [5.74, 6) is 1.63. The van der Waals surface area contributed by atoms with Crippen LogP contribution in [0, 0.1) is 0 Å². The number of nitrogens with zero attached hydrogens (tertiary/aromatic N) is 3. The third-order valence-electron chi connectivity index (χ3n) is 5.22. The van der Waals surface area contributed by atoms with Crippen molar-refractivity contribution in [2.24, 2.45) is 0 Å². The van der Waals surface area contributed by atoms with E-state index in [9.17, 15) is 9.46 Å². The largest absolute Gasteiger partial charge is 0.356 e. The van der Waals surface area contributed by atoms with Crippen molar-refractivity contribution in [3.05, 3.63) is 52.5 Å². The molecule has 2 heterocycles. The van der Waals surface area contributed by atoms with Crippen LogP contribution in [0.1, 0.15) is 31.7 Å². The van der Waals surface area contributed by atoms with Crippen molar-refractivity contribution >= 4 is 40.2 Å². The number of hydrogen-bond acceptors (Lipinski definition) is 5. The molecule has 1 fully saturated rings. The van der Waals surface area contributed by atoms with Crippen molar-refractivity contribution in [1.29, 1.82) is 0 Å². The zero-order valence-corrected chi connectivity index (χ0v) is 19.4. The number of halogens is 1. The molecule has 1 unspecified atom stereocenters. The molecule has 1 aliphatic heterocycles. The molecule has 0 saturated carbocycles. The van der Waals surface area contributed by atoms with Gasteiger partial charge in [-0.1, -0.05) is 40.2 Å². The highest BCUT2D eigenvalue weighted by atomic mass is 79.9. The molecule has 0 radical (unpaired) electrons. The molecule has 0 spiro atoms. The predicted molar refractivity (Wildman–Crippen MR) is 124 cm³/mol. The molecule has 30 heavy (non-hydrogen) atoms. The standard InChI is InChI=1S/C22H25BrN3O3P/c1-2-29-30(27,28)15-16-6-8-17(9-7-16)21-24-20-11-10-18(23)14-19(20)22(25-21)26-12-4-3-5-13-26/h6-11,14H,2-5,12-13,15H2,1H3,(H,27,28). The first kappa shape index (κ1) is 21.4. The molecule has 158 valence electrons. The third-order valence-corrected chi connectivity index (χ3v) is 7.14. The smallest absolute Gasteiger partial charge is 0.332 e. The summed E-state index contributed by atoms with van der Waals surface area (Å²) in [5.41, 5.74) is 2.54. The molecule has 1 aromatic heterocycles. The lowest BCUT2D eigenvalue weighted by Gasteiger charge is -2.29. The molecule has 2 aromatic carbocycles. The third kappa shape index (κ3) is 4.92. The van der Waals surface area contributed by atoms with Gasteiger partial charge >= 0.3 is 7.60 Å². The van der Waals surface area contributed by atoms with Crippen LogP contribution in [0.5, 0.6) is 0 Å². The van der Waals surface area contributed by atoms with E-state index in [-0.39, 0.29) is 12.8 Å². The van der Waals surface area contributed by atoms with Crippen molar-refractivity contribution in [1.82, 2.24) is 9.97 Å². The van der Waals surface area contributed by atoms with Crippen LogP contribution in [0.3, 0.4) is 0 Å². The van der Waals surface area contributed by atoms with Crippen LogP contribution in [0.2, 0.25) is 0 Å². The number of benzene rings is 2. The summed E-state index contributed by atoms with van der Waals surface area (Å²) < 4.78 is 18.0. The lowest BCUT2D eigenvalue weighted by Crippen LogP contribution is -2.30. The second kappa shape index (κ2) is 9.15. The number of rotatable bonds is 6. The van der Waals surface area contributed by atoms with Crippen LogP contribution in [0.4, 0.5) is 5.82 Å². The molecule has 0 amide bonds. The predicted octanol–water partition coefficient (Wildman–Crippen LogP) is 5.77. The fraction of sp³-hybridized carbons (Fsp3) is 0.364. The molecule has 0 aliphatic carbocycles. The van der Waals surface area contributed by atoms with E-state index in [1.807, 2.05) is 36.4 Å². The highest BCUT2D eigenvalue weighted by molar-refractivity contribution is 9.10.